The van der Waals surface area contributed by atoms with Crippen LogP contribution in [0.15, 0.2) is 11.4 Å². The van der Waals surface area contributed by atoms with Gasteiger partial charge in [-0.05, 0) is 61.5 Å². The predicted molar refractivity (Wildman–Crippen MR) is 82.5 cm³/mol. The van der Waals surface area contributed by atoms with E-state index in [2.05, 4.69) is 30.2 Å². The summed E-state index contributed by atoms with van der Waals surface area (Å²) in [5.41, 5.74) is 7.92. The molecule has 0 aromatic carbocycles. The highest BCUT2D eigenvalue weighted by Crippen LogP contribution is 2.35. The molecule has 2 nitrogen and oxygen atoms in total. The van der Waals surface area contributed by atoms with Crippen molar-refractivity contribution in [2.45, 2.75) is 51.6 Å². The van der Waals surface area contributed by atoms with Gasteiger partial charge in [-0.25, -0.2) is 0 Å². The second-order valence-corrected chi connectivity index (χ2v) is 7.56. The maximum absolute atomic E-state index is 6.35. The third-order valence-electron chi connectivity index (χ3n) is 5.18. The fourth-order valence-electron chi connectivity index (χ4n) is 3.84. The van der Waals surface area contributed by atoms with Crippen molar-refractivity contribution in [1.82, 2.24) is 4.90 Å². The molecule has 2 aliphatic rings. The summed E-state index contributed by atoms with van der Waals surface area (Å²) in [7, 11) is 0. The Morgan fingerprint density at radius 2 is 2.21 bits per heavy atom. The maximum atomic E-state index is 6.35. The lowest BCUT2D eigenvalue weighted by Crippen LogP contribution is -2.45. The summed E-state index contributed by atoms with van der Waals surface area (Å²) >= 11 is 1.93. The minimum atomic E-state index is 0.423. The van der Waals surface area contributed by atoms with E-state index in [0.29, 0.717) is 18.0 Å². The largest absolute Gasteiger partial charge is 0.327 e. The fourth-order valence-corrected chi connectivity index (χ4v) is 4.81. The quantitative estimate of drug-likeness (QED) is 0.898. The van der Waals surface area contributed by atoms with Crippen LogP contribution in [0.3, 0.4) is 0 Å². The number of thiophene rings is 1. The van der Waals surface area contributed by atoms with Crippen molar-refractivity contribution >= 4 is 11.3 Å². The Morgan fingerprint density at radius 3 is 3.05 bits per heavy atom. The molecule has 1 fully saturated rings. The lowest BCUT2D eigenvalue weighted by Gasteiger charge is -2.40. The van der Waals surface area contributed by atoms with Gasteiger partial charge in [0.15, 0.2) is 0 Å². The molecule has 106 valence electrons. The Morgan fingerprint density at radius 1 is 1.37 bits per heavy atom. The second-order valence-electron chi connectivity index (χ2n) is 6.56. The van der Waals surface area contributed by atoms with E-state index in [0.717, 1.165) is 5.92 Å². The first kappa shape index (κ1) is 13.6. The zero-order valence-corrected chi connectivity index (χ0v) is 13.0. The molecule has 2 heterocycles. The van der Waals surface area contributed by atoms with Crippen molar-refractivity contribution < 1.29 is 0 Å². The summed E-state index contributed by atoms with van der Waals surface area (Å²) in [6, 6.07) is 3.33. The maximum Gasteiger partial charge on any atom is 0.0331 e. The lowest BCUT2D eigenvalue weighted by molar-refractivity contribution is 0.125. The van der Waals surface area contributed by atoms with Crippen molar-refractivity contribution in [3.05, 3.63) is 21.9 Å². The van der Waals surface area contributed by atoms with Gasteiger partial charge in [0, 0.05) is 30.1 Å². The smallest absolute Gasteiger partial charge is 0.0331 e. The van der Waals surface area contributed by atoms with Crippen molar-refractivity contribution in [3.63, 3.8) is 0 Å². The molecule has 0 radical (unpaired) electrons. The van der Waals surface area contributed by atoms with Crippen LogP contribution in [0.2, 0.25) is 0 Å². The molecular weight excluding hydrogens is 252 g/mol. The number of rotatable bonds is 2. The van der Waals surface area contributed by atoms with Gasteiger partial charge in [0.1, 0.15) is 0 Å². The Labute approximate surface area is 121 Å². The fraction of sp³-hybridized carbons (Fsp3) is 0.750. The molecule has 19 heavy (non-hydrogen) atoms. The molecule has 0 spiro atoms. The van der Waals surface area contributed by atoms with Gasteiger partial charge in [-0.3, -0.25) is 4.90 Å². The Hall–Kier alpha value is -0.380. The van der Waals surface area contributed by atoms with Gasteiger partial charge in [-0.2, -0.15) is 0 Å². The average Bonchev–Trinajstić information content (AvgIpc) is 2.86. The Balaban J connectivity index is 1.67. The molecule has 1 aliphatic heterocycles. The number of hydrogen-bond donors (Lipinski definition) is 1. The van der Waals surface area contributed by atoms with E-state index in [1.54, 1.807) is 10.4 Å². The summed E-state index contributed by atoms with van der Waals surface area (Å²) in [4.78, 5) is 4.27. The van der Waals surface area contributed by atoms with E-state index >= 15 is 0 Å². The molecule has 2 N–H and O–H groups in total. The molecule has 1 aliphatic carbocycles. The molecule has 4 atom stereocenters. The molecule has 4 unspecified atom stereocenters. The molecule has 1 aromatic rings. The monoisotopic (exact) mass is 278 g/mol. The number of nitrogens with two attached hydrogens (primary N) is 1. The summed E-state index contributed by atoms with van der Waals surface area (Å²) in [5, 5.41) is 2.25. The van der Waals surface area contributed by atoms with E-state index in [-0.39, 0.29) is 0 Å². The highest BCUT2D eigenvalue weighted by Gasteiger charge is 2.31. The van der Waals surface area contributed by atoms with E-state index in [4.69, 9.17) is 5.73 Å². The van der Waals surface area contributed by atoms with Crippen LogP contribution in [0.5, 0.6) is 0 Å². The Bertz CT molecular complexity index is 428. The van der Waals surface area contributed by atoms with Crippen LogP contribution in [0.25, 0.3) is 0 Å². The molecule has 1 saturated carbocycles. The lowest BCUT2D eigenvalue weighted by atomic mass is 9.78. The molecule has 0 bridgehead atoms. The number of nitrogens with zero attached hydrogens (tertiary/aromatic N) is 1. The van der Waals surface area contributed by atoms with Crippen LogP contribution in [0.1, 0.15) is 49.6 Å². The Kier molecular flexibility index (Phi) is 3.97. The number of fused-ring (bicyclic) bond motifs is 1. The minimum Gasteiger partial charge on any atom is -0.327 e. The van der Waals surface area contributed by atoms with E-state index in [9.17, 15) is 0 Å². The van der Waals surface area contributed by atoms with Crippen molar-refractivity contribution in [2.24, 2.45) is 17.6 Å². The van der Waals surface area contributed by atoms with E-state index < -0.39 is 0 Å². The molecule has 3 heteroatoms. The van der Waals surface area contributed by atoms with E-state index in [1.165, 1.54) is 38.8 Å². The molecular formula is C16H26N2S. The van der Waals surface area contributed by atoms with Crippen molar-refractivity contribution in [3.8, 4) is 0 Å². The standard InChI is InChI=1S/C16H26N2S/c1-11-3-4-15(17)13(9-11)10-18-7-5-16-14(12(18)2)6-8-19-16/h6,8,11-13,15H,3-5,7,9-10,17H2,1-2H3. The topological polar surface area (TPSA) is 29.3 Å². The summed E-state index contributed by atoms with van der Waals surface area (Å²) in [5.74, 6) is 1.56. The van der Waals surface area contributed by atoms with E-state index in [1.807, 2.05) is 11.3 Å². The average molecular weight is 278 g/mol. The third-order valence-corrected chi connectivity index (χ3v) is 6.17. The SMILES string of the molecule is CC1CCC(N)C(CN2CCc3sccc3C2C)C1. The van der Waals surface area contributed by atoms with Crippen LogP contribution in [0, 0.1) is 11.8 Å². The first-order valence-electron chi connectivity index (χ1n) is 7.71. The van der Waals surface area contributed by atoms with Crippen LogP contribution in [-0.2, 0) is 6.42 Å². The summed E-state index contributed by atoms with van der Waals surface area (Å²) in [6.07, 6.45) is 5.09. The zero-order valence-electron chi connectivity index (χ0n) is 12.1. The van der Waals surface area contributed by atoms with Crippen molar-refractivity contribution in [2.75, 3.05) is 13.1 Å². The molecule has 0 saturated heterocycles. The second kappa shape index (κ2) is 5.55. The zero-order chi connectivity index (χ0) is 13.4. The first-order valence-corrected chi connectivity index (χ1v) is 8.59. The summed E-state index contributed by atoms with van der Waals surface area (Å²) in [6.45, 7) is 7.16. The van der Waals surface area contributed by atoms with Gasteiger partial charge in [0.05, 0.1) is 0 Å². The normalized spacial score (nSPS) is 36.2. The van der Waals surface area contributed by atoms with Gasteiger partial charge in [-0.15, -0.1) is 11.3 Å². The van der Waals surface area contributed by atoms with Gasteiger partial charge in [-0.1, -0.05) is 6.92 Å². The van der Waals surface area contributed by atoms with Gasteiger partial charge >= 0.3 is 0 Å². The highest BCUT2D eigenvalue weighted by atomic mass is 32.1. The first-order chi connectivity index (χ1) is 9.15. The van der Waals surface area contributed by atoms with Crippen molar-refractivity contribution in [1.29, 1.82) is 0 Å². The van der Waals surface area contributed by atoms with Crippen LogP contribution >= 0.6 is 11.3 Å². The van der Waals surface area contributed by atoms with Crippen LogP contribution in [0.4, 0.5) is 0 Å². The van der Waals surface area contributed by atoms with Crippen LogP contribution in [-0.4, -0.2) is 24.0 Å². The predicted octanol–water partition coefficient (Wildman–Crippen LogP) is 3.43. The third kappa shape index (κ3) is 2.74. The van der Waals surface area contributed by atoms with Gasteiger partial charge in [0.2, 0.25) is 0 Å². The molecule has 1 aromatic heterocycles. The summed E-state index contributed by atoms with van der Waals surface area (Å²) < 4.78 is 0. The minimum absolute atomic E-state index is 0.423. The highest BCUT2D eigenvalue weighted by molar-refractivity contribution is 7.10. The van der Waals surface area contributed by atoms with Gasteiger partial charge < -0.3 is 5.73 Å². The molecule has 3 rings (SSSR count). The van der Waals surface area contributed by atoms with Crippen LogP contribution < -0.4 is 5.73 Å². The number of hydrogen-bond acceptors (Lipinski definition) is 3. The van der Waals surface area contributed by atoms with Gasteiger partial charge in [0.25, 0.3) is 0 Å². The molecule has 0 amide bonds.